The van der Waals surface area contributed by atoms with Gasteiger partial charge in [0.15, 0.2) is 0 Å². The Kier molecular flexibility index (Phi) is 7.44. The van der Waals surface area contributed by atoms with E-state index in [9.17, 15) is 22.0 Å². The second-order valence-corrected chi connectivity index (χ2v) is 7.36. The van der Waals surface area contributed by atoms with Crippen molar-refractivity contribution in [2.45, 2.75) is 6.18 Å². The van der Waals surface area contributed by atoms with Crippen LogP contribution in [-0.4, -0.2) is 24.7 Å². The molecule has 4 aromatic heterocycles. The number of halogens is 5. The molecule has 0 aliphatic carbocycles. The van der Waals surface area contributed by atoms with Crippen molar-refractivity contribution in [2.24, 2.45) is 0 Å². The summed E-state index contributed by atoms with van der Waals surface area (Å²) in [4.78, 5) is 13.8. The Morgan fingerprint density at radius 1 is 0.784 bits per heavy atom. The van der Waals surface area contributed by atoms with Crippen molar-refractivity contribution >= 4 is 17.3 Å². The fourth-order valence-corrected chi connectivity index (χ4v) is 3.40. The normalized spacial score (nSPS) is 11.2. The third-order valence-electron chi connectivity index (χ3n) is 4.97. The van der Waals surface area contributed by atoms with Crippen molar-refractivity contribution in [3.05, 3.63) is 109 Å². The van der Waals surface area contributed by atoms with Crippen molar-refractivity contribution < 1.29 is 43.0 Å². The molecule has 0 unspecified atom stereocenters. The van der Waals surface area contributed by atoms with Crippen LogP contribution < -0.4 is 4.90 Å². The number of aromatic nitrogens is 5. The summed E-state index contributed by atoms with van der Waals surface area (Å²) < 4.78 is 67.5. The Labute approximate surface area is 221 Å². The summed E-state index contributed by atoms with van der Waals surface area (Å²) in [6.45, 7) is 0. The minimum atomic E-state index is -4.62. The van der Waals surface area contributed by atoms with Gasteiger partial charge in [0, 0.05) is 5.69 Å². The predicted molar refractivity (Wildman–Crippen MR) is 120 cm³/mol. The van der Waals surface area contributed by atoms with Gasteiger partial charge in [-0.15, -0.1) is 12.1 Å². The van der Waals surface area contributed by atoms with Gasteiger partial charge in [0.25, 0.3) is 0 Å². The molecule has 0 N–H and O–H groups in total. The maximum absolute atomic E-state index is 14.3. The first-order valence-electron chi connectivity index (χ1n) is 10.4. The zero-order valence-electron chi connectivity index (χ0n) is 18.4. The summed E-state index contributed by atoms with van der Waals surface area (Å²) in [5.41, 5.74) is -0.465. The average molecular weight is 687 g/mol. The van der Waals surface area contributed by atoms with Gasteiger partial charge in [-0.05, 0) is 30.0 Å². The summed E-state index contributed by atoms with van der Waals surface area (Å²) in [6.07, 6.45) is -2.20. The first-order valence-corrected chi connectivity index (χ1v) is 10.4. The molecule has 0 saturated carbocycles. The van der Waals surface area contributed by atoms with Crippen LogP contribution in [0.15, 0.2) is 78.9 Å². The first kappa shape index (κ1) is 26.1. The van der Waals surface area contributed by atoms with E-state index in [1.54, 1.807) is 59.5 Å². The Morgan fingerprint density at radius 3 is 2.16 bits per heavy atom. The Bertz CT molecular complexity index is 1520. The summed E-state index contributed by atoms with van der Waals surface area (Å²) in [6, 6.07) is 22.5. The number of para-hydroxylation sites is 1. The zero-order valence-corrected chi connectivity index (χ0v) is 20.7. The quantitative estimate of drug-likeness (QED) is 0.127. The minimum Gasteiger partial charge on any atom is -0.343 e. The van der Waals surface area contributed by atoms with Crippen LogP contribution in [0.4, 0.5) is 39.3 Å². The SMILES string of the molecule is Fc1c[c-]c(-c2cccc(N(c3ccccc3)c3cccc(-n4[c-]cc(C(F)(F)F)n4)n3)n2)c(F)n1.[Pt+2]. The number of benzene rings is 1. The van der Waals surface area contributed by atoms with Gasteiger partial charge in [0.05, 0.1) is 11.5 Å². The fraction of sp³-hybridized carbons (Fsp3) is 0.0400. The molecule has 0 fully saturated rings. The van der Waals surface area contributed by atoms with Gasteiger partial charge in [-0.1, -0.05) is 60.3 Å². The second-order valence-electron chi connectivity index (χ2n) is 7.36. The van der Waals surface area contributed by atoms with E-state index in [0.717, 1.165) is 16.8 Å². The van der Waals surface area contributed by atoms with Gasteiger partial charge in [-0.25, -0.2) is 8.78 Å². The topological polar surface area (TPSA) is 59.7 Å². The molecule has 6 nitrogen and oxygen atoms in total. The van der Waals surface area contributed by atoms with Crippen LogP contribution >= 0.6 is 0 Å². The number of anilines is 3. The second kappa shape index (κ2) is 10.6. The third-order valence-corrected chi connectivity index (χ3v) is 4.97. The summed E-state index contributed by atoms with van der Waals surface area (Å²) >= 11 is 0. The van der Waals surface area contributed by atoms with Crippen LogP contribution in [0.5, 0.6) is 0 Å². The van der Waals surface area contributed by atoms with E-state index in [4.69, 9.17) is 0 Å². The van der Waals surface area contributed by atoms with Crippen LogP contribution in [0.1, 0.15) is 5.69 Å². The van der Waals surface area contributed by atoms with Gasteiger partial charge >= 0.3 is 27.2 Å². The first-order chi connectivity index (χ1) is 17.3. The van der Waals surface area contributed by atoms with E-state index < -0.39 is 23.8 Å². The number of pyridine rings is 3. The third kappa shape index (κ3) is 5.56. The number of alkyl halides is 3. The van der Waals surface area contributed by atoms with E-state index in [-0.39, 0.29) is 38.1 Å². The molecule has 5 aromatic rings. The molecular formula is C25H13F5N6Pt. The van der Waals surface area contributed by atoms with Crippen molar-refractivity contribution in [3.63, 3.8) is 0 Å². The molecule has 0 aliphatic rings. The van der Waals surface area contributed by atoms with Gasteiger partial charge in [0.2, 0.25) is 0 Å². The molecule has 0 saturated heterocycles. The maximum atomic E-state index is 14.3. The number of nitrogens with zero attached hydrogens (tertiary/aromatic N) is 6. The van der Waals surface area contributed by atoms with Crippen molar-refractivity contribution in [2.75, 3.05) is 4.90 Å². The molecule has 0 bridgehead atoms. The van der Waals surface area contributed by atoms with Gasteiger partial charge in [0.1, 0.15) is 23.5 Å². The van der Waals surface area contributed by atoms with E-state index in [2.05, 4.69) is 32.3 Å². The molecule has 12 heteroatoms. The van der Waals surface area contributed by atoms with E-state index in [0.29, 0.717) is 17.3 Å². The molecule has 1 aromatic carbocycles. The number of hydrogen-bond acceptors (Lipinski definition) is 5. The molecule has 0 amide bonds. The molecule has 0 aliphatic heterocycles. The van der Waals surface area contributed by atoms with Gasteiger partial charge in [-0.2, -0.15) is 13.2 Å². The van der Waals surface area contributed by atoms with Crippen LogP contribution in [0.25, 0.3) is 17.1 Å². The van der Waals surface area contributed by atoms with Gasteiger partial charge in [-0.3, -0.25) is 25.0 Å². The summed E-state index contributed by atoms with van der Waals surface area (Å²) in [5, 5.41) is 3.52. The Hall–Kier alpha value is -3.98. The van der Waals surface area contributed by atoms with Crippen LogP contribution in [0.2, 0.25) is 0 Å². The zero-order chi connectivity index (χ0) is 25.3. The molecule has 5 rings (SSSR count). The average Bonchev–Trinajstić information content (AvgIpc) is 3.37. The van der Waals surface area contributed by atoms with E-state index in [1.165, 1.54) is 12.1 Å². The molecule has 188 valence electrons. The minimum absolute atomic E-state index is 0. The standard InChI is InChI=1S/C25H13F5N6.Pt/c26-20-13-12-17(24(27)32-20)18-8-4-10-22(31-18)36(16-6-2-1-3-7-16)23-11-5-9-21(33-23)35-15-14-19(34-35)25(28,29)30;/h1-11,13-14H;/q-2;+2. The molecule has 4 heterocycles. The number of rotatable bonds is 5. The van der Waals surface area contributed by atoms with Crippen LogP contribution in [-0.2, 0) is 27.2 Å². The van der Waals surface area contributed by atoms with E-state index in [1.807, 2.05) is 0 Å². The van der Waals surface area contributed by atoms with Crippen LogP contribution in [0, 0.1) is 24.2 Å². The Morgan fingerprint density at radius 2 is 1.49 bits per heavy atom. The molecule has 0 atom stereocenters. The fourth-order valence-electron chi connectivity index (χ4n) is 3.40. The predicted octanol–water partition coefficient (Wildman–Crippen LogP) is 6.09. The van der Waals surface area contributed by atoms with Crippen molar-refractivity contribution in [1.29, 1.82) is 0 Å². The largest absolute Gasteiger partial charge is 2.00 e. The maximum Gasteiger partial charge on any atom is 2.00 e. The monoisotopic (exact) mass is 687 g/mol. The smallest absolute Gasteiger partial charge is 0.343 e. The molecular weight excluding hydrogens is 674 g/mol. The van der Waals surface area contributed by atoms with E-state index >= 15 is 0 Å². The van der Waals surface area contributed by atoms with Crippen molar-refractivity contribution in [1.82, 2.24) is 24.7 Å². The summed E-state index contributed by atoms with van der Waals surface area (Å²) in [7, 11) is 0. The Balaban J connectivity index is 0.00000320. The van der Waals surface area contributed by atoms with Crippen molar-refractivity contribution in [3.8, 4) is 17.1 Å². The molecule has 0 spiro atoms. The number of hydrogen-bond donors (Lipinski definition) is 0. The van der Waals surface area contributed by atoms with Gasteiger partial charge < -0.3 is 4.68 Å². The summed E-state index contributed by atoms with van der Waals surface area (Å²) in [5.74, 6) is -1.39. The molecule has 0 radical (unpaired) electrons. The molecule has 37 heavy (non-hydrogen) atoms. The van der Waals surface area contributed by atoms with Crippen LogP contribution in [0.3, 0.4) is 0 Å².